The number of nitrogens with one attached hydrogen (secondary N) is 1. The van der Waals surface area contributed by atoms with E-state index in [-0.39, 0.29) is 38.4 Å². The molecule has 0 atom stereocenters. The second kappa shape index (κ2) is 14.8. The number of rotatable bonds is 17. The van der Waals surface area contributed by atoms with Gasteiger partial charge in [0.1, 0.15) is 0 Å². The molecule has 0 unspecified atom stereocenters. The molecule has 0 amide bonds. The van der Waals surface area contributed by atoms with Crippen LogP contribution in [0.1, 0.15) is 33.4 Å². The minimum absolute atomic E-state index is 0.0457. The first-order valence-electron chi connectivity index (χ1n) is 12.4. The molecule has 16 heteroatoms. The molecule has 0 heterocycles. The van der Waals surface area contributed by atoms with Gasteiger partial charge in [0.15, 0.2) is 0 Å². The number of aliphatic hydroxyl groups is 3. The van der Waals surface area contributed by atoms with Crippen LogP contribution >= 0.6 is 22.8 Å². The van der Waals surface area contributed by atoms with E-state index in [1.165, 1.54) is 0 Å². The van der Waals surface area contributed by atoms with Gasteiger partial charge < -0.3 is 50.0 Å². The first-order valence-corrected chi connectivity index (χ1v) is 17.8. The molecule has 0 aliphatic heterocycles. The smallest absolute Gasteiger partial charge is 0.325 e. The molecule has 2 rings (SSSR count). The lowest BCUT2D eigenvalue weighted by atomic mass is 9.95. The quantitative estimate of drug-likeness (QED) is 0.106. The molecule has 0 spiro atoms. The average Bonchev–Trinajstić information content (AvgIpc) is 2.85. The lowest BCUT2D eigenvalue weighted by molar-refractivity contribution is 0.0413. The molecule has 2 aromatic carbocycles. The van der Waals surface area contributed by atoms with Crippen LogP contribution in [0, 0.1) is 0 Å². The predicted molar refractivity (Wildman–Crippen MR) is 148 cm³/mol. The molecule has 10 N–H and O–H groups in total. The predicted octanol–water partition coefficient (Wildman–Crippen LogP) is 0.243. The summed E-state index contributed by atoms with van der Waals surface area (Å²) in [6.07, 6.45) is -0.745. The van der Waals surface area contributed by atoms with Gasteiger partial charge in [-0.3, -0.25) is 13.7 Å². The van der Waals surface area contributed by atoms with Crippen molar-refractivity contribution in [2.75, 3.05) is 38.3 Å². The van der Waals surface area contributed by atoms with Crippen LogP contribution in [-0.4, -0.2) is 88.5 Å². The summed E-state index contributed by atoms with van der Waals surface area (Å²) < 4.78 is 34.3. The fourth-order valence-corrected chi connectivity index (χ4v) is 5.73. The highest BCUT2D eigenvalue weighted by atomic mass is 31.2. The Morgan fingerprint density at radius 2 is 0.825 bits per heavy atom. The Kier molecular flexibility index (Phi) is 12.9. The van der Waals surface area contributed by atoms with Crippen molar-refractivity contribution in [3.05, 3.63) is 69.8 Å². The van der Waals surface area contributed by atoms with Gasteiger partial charge in [-0.1, -0.05) is 36.4 Å². The van der Waals surface area contributed by atoms with Gasteiger partial charge in [0.05, 0.1) is 43.8 Å². The molecule has 0 aromatic heterocycles. The van der Waals surface area contributed by atoms with Crippen molar-refractivity contribution in [3.8, 4) is 0 Å². The molecule has 226 valence electrons. The van der Waals surface area contributed by atoms with Crippen molar-refractivity contribution in [2.24, 2.45) is 0 Å². The summed E-state index contributed by atoms with van der Waals surface area (Å²) in [6.45, 7) is -1.51. The Morgan fingerprint density at radius 3 is 1.15 bits per heavy atom. The topological polar surface area (TPSA) is 245 Å². The van der Waals surface area contributed by atoms with Crippen molar-refractivity contribution >= 4 is 22.8 Å². The summed E-state index contributed by atoms with van der Waals surface area (Å²) >= 11 is 0. The van der Waals surface area contributed by atoms with Crippen LogP contribution in [0.5, 0.6) is 0 Å². The third-order valence-electron chi connectivity index (χ3n) is 6.28. The van der Waals surface area contributed by atoms with Gasteiger partial charge in [0.2, 0.25) is 0 Å². The summed E-state index contributed by atoms with van der Waals surface area (Å²) in [7, 11) is -12.8. The van der Waals surface area contributed by atoms with Crippen LogP contribution in [0.2, 0.25) is 0 Å². The van der Waals surface area contributed by atoms with Crippen LogP contribution in [0.3, 0.4) is 0 Å². The average molecular weight is 625 g/mol. The zero-order valence-corrected chi connectivity index (χ0v) is 24.5. The minimum atomic E-state index is -4.28. The van der Waals surface area contributed by atoms with E-state index < -0.39 is 60.5 Å². The second-order valence-electron chi connectivity index (χ2n) is 10.0. The van der Waals surface area contributed by atoms with Crippen LogP contribution in [0.15, 0.2) is 36.4 Å². The van der Waals surface area contributed by atoms with Crippen LogP contribution in [-0.2, 0) is 45.9 Å². The van der Waals surface area contributed by atoms with E-state index in [9.17, 15) is 58.4 Å². The molecule has 0 fully saturated rings. The van der Waals surface area contributed by atoms with Gasteiger partial charge in [-0.25, -0.2) is 0 Å². The zero-order valence-electron chi connectivity index (χ0n) is 21.8. The third kappa shape index (κ3) is 13.1. The number of aliphatic hydroxyl groups excluding tert-OH is 3. The monoisotopic (exact) mass is 625 g/mol. The largest absolute Gasteiger partial charge is 0.394 e. The first kappa shape index (κ1) is 34.9. The lowest BCUT2D eigenvalue weighted by Crippen LogP contribution is -2.54. The summed E-state index contributed by atoms with van der Waals surface area (Å²) in [4.78, 5) is 55.8. The van der Waals surface area contributed by atoms with E-state index in [1.54, 1.807) is 36.4 Å². The Morgan fingerprint density at radius 1 is 0.525 bits per heavy atom. The summed E-state index contributed by atoms with van der Waals surface area (Å²) in [5.41, 5.74) is 2.50. The first-order chi connectivity index (χ1) is 18.4. The van der Waals surface area contributed by atoms with Gasteiger partial charge in [0, 0.05) is 6.54 Å². The molecule has 0 saturated carbocycles. The number of hydrogen-bond acceptors (Lipinski definition) is 7. The Hall–Kier alpha value is -1.27. The Bertz CT molecular complexity index is 1210. The summed E-state index contributed by atoms with van der Waals surface area (Å²) in [5.74, 6) is 0. The maximum Gasteiger partial charge on any atom is 0.325 e. The fourth-order valence-electron chi connectivity index (χ4n) is 4.09. The third-order valence-corrected chi connectivity index (χ3v) is 8.70. The summed E-state index contributed by atoms with van der Waals surface area (Å²) in [5, 5.41) is 31.7. The van der Waals surface area contributed by atoms with E-state index in [2.05, 4.69) is 5.32 Å². The van der Waals surface area contributed by atoms with Crippen molar-refractivity contribution in [2.45, 2.75) is 37.8 Å². The molecular formula is C24H38NO12P3. The SMILES string of the molecule is O=P(O)(O)CCc1cc(CCP(=O)(O)O)cc(Cc2cc(CCP(=O)(O)O)cc(CNC(CO)(CO)CO)c2)c1. The molecule has 0 bridgehead atoms. The minimum Gasteiger partial charge on any atom is -0.394 e. The molecule has 2 aromatic rings. The Labute approximate surface area is 232 Å². The molecule has 0 radical (unpaired) electrons. The van der Waals surface area contributed by atoms with Crippen molar-refractivity contribution in [3.63, 3.8) is 0 Å². The molecule has 40 heavy (non-hydrogen) atoms. The van der Waals surface area contributed by atoms with E-state index in [0.717, 1.165) is 5.56 Å². The highest BCUT2D eigenvalue weighted by molar-refractivity contribution is 7.52. The molecular weight excluding hydrogens is 587 g/mol. The van der Waals surface area contributed by atoms with E-state index in [0.29, 0.717) is 27.8 Å². The van der Waals surface area contributed by atoms with Crippen LogP contribution in [0.25, 0.3) is 0 Å². The maximum absolute atomic E-state index is 11.5. The van der Waals surface area contributed by atoms with Gasteiger partial charge >= 0.3 is 22.8 Å². The Balaban J connectivity index is 2.43. The highest BCUT2D eigenvalue weighted by Gasteiger charge is 2.27. The lowest BCUT2D eigenvalue weighted by Gasteiger charge is -2.29. The molecule has 0 saturated heterocycles. The molecule has 0 aliphatic rings. The fraction of sp³-hybridized carbons (Fsp3) is 0.500. The van der Waals surface area contributed by atoms with Crippen LogP contribution in [0.4, 0.5) is 0 Å². The van der Waals surface area contributed by atoms with Crippen molar-refractivity contribution in [1.29, 1.82) is 0 Å². The van der Waals surface area contributed by atoms with Crippen LogP contribution < -0.4 is 5.32 Å². The molecule has 0 aliphatic carbocycles. The van der Waals surface area contributed by atoms with E-state index >= 15 is 0 Å². The van der Waals surface area contributed by atoms with E-state index in [1.807, 2.05) is 0 Å². The summed E-state index contributed by atoms with van der Waals surface area (Å²) in [6, 6.07) is 10.4. The van der Waals surface area contributed by atoms with Gasteiger partial charge in [0.25, 0.3) is 0 Å². The maximum atomic E-state index is 11.5. The van der Waals surface area contributed by atoms with Gasteiger partial charge in [-0.15, -0.1) is 0 Å². The standard InChI is InChI=1S/C24H38NO12P3/c26-15-24(16-27,17-28)25-14-23-11-20(3-6-40(35,36)37)10-22(13-23)12-21-8-18(1-4-38(29,30)31)7-19(9-21)2-5-39(32,33)34/h7-11,13,25-28H,1-6,12,14-17H2,(H2,29,30,31)(H2,32,33,34)(H2,35,36,37). The van der Waals surface area contributed by atoms with Crippen molar-refractivity contribution < 1.29 is 58.4 Å². The highest BCUT2D eigenvalue weighted by Crippen LogP contribution is 2.37. The number of benzene rings is 2. The van der Waals surface area contributed by atoms with Gasteiger partial charge in [-0.05, 0) is 59.1 Å². The molecule has 13 nitrogen and oxygen atoms in total. The van der Waals surface area contributed by atoms with Crippen molar-refractivity contribution in [1.82, 2.24) is 5.32 Å². The zero-order chi connectivity index (χ0) is 30.2. The second-order valence-corrected chi connectivity index (χ2v) is 15.3. The van der Waals surface area contributed by atoms with Gasteiger partial charge in [-0.2, -0.15) is 0 Å². The normalized spacial score (nSPS) is 13.1. The number of aryl methyl sites for hydroxylation is 3. The van der Waals surface area contributed by atoms with E-state index in [4.69, 9.17) is 0 Å². The number of hydrogen-bond donors (Lipinski definition) is 10.